The van der Waals surface area contributed by atoms with Gasteiger partial charge in [0.2, 0.25) is 0 Å². The first kappa shape index (κ1) is 16.5. The second-order valence-electron chi connectivity index (χ2n) is 5.46. The third kappa shape index (κ3) is 5.41. The van der Waals surface area contributed by atoms with Crippen LogP contribution in [-0.2, 0) is 16.1 Å². The van der Waals surface area contributed by atoms with Crippen LogP contribution in [0.25, 0.3) is 0 Å². The Morgan fingerprint density at radius 2 is 2.24 bits per heavy atom. The van der Waals surface area contributed by atoms with Crippen LogP contribution >= 0.6 is 15.9 Å². The molecule has 1 aromatic rings. The second-order valence-corrected chi connectivity index (χ2v) is 6.56. The number of hydrogen-bond donors (Lipinski definition) is 1. The van der Waals surface area contributed by atoms with Crippen molar-refractivity contribution in [1.82, 2.24) is 10.2 Å². The largest absolute Gasteiger partial charge is 0.468 e. The van der Waals surface area contributed by atoms with E-state index in [2.05, 4.69) is 50.4 Å². The fraction of sp³-hybridized carbons (Fsp3) is 0.562. The maximum Gasteiger partial charge on any atom is 0.320 e. The molecule has 116 valence electrons. The van der Waals surface area contributed by atoms with Crippen LogP contribution in [0.1, 0.15) is 18.4 Å². The standard InChI is InChI=1S/C16H23BrN2O2/c1-21-16(20)15(17)10-18-14-8-5-9-19(12-14)11-13-6-3-2-4-7-13/h2-4,6-7,14-15,18H,5,8-12H2,1H3. The summed E-state index contributed by atoms with van der Waals surface area (Å²) in [7, 11) is 1.42. The van der Waals surface area contributed by atoms with Gasteiger partial charge in [0.05, 0.1) is 7.11 Å². The summed E-state index contributed by atoms with van der Waals surface area (Å²) in [6.07, 6.45) is 2.35. The molecular weight excluding hydrogens is 332 g/mol. The van der Waals surface area contributed by atoms with Gasteiger partial charge in [0.15, 0.2) is 0 Å². The summed E-state index contributed by atoms with van der Waals surface area (Å²) in [4.78, 5) is 13.6. The Balaban J connectivity index is 1.77. The number of carbonyl (C=O) groups excluding carboxylic acids is 1. The Morgan fingerprint density at radius 1 is 1.48 bits per heavy atom. The molecule has 1 aromatic carbocycles. The molecule has 21 heavy (non-hydrogen) atoms. The fourth-order valence-corrected chi connectivity index (χ4v) is 3.06. The number of esters is 1. The number of halogens is 1. The molecule has 1 fully saturated rings. The van der Waals surface area contributed by atoms with E-state index in [-0.39, 0.29) is 10.8 Å². The van der Waals surface area contributed by atoms with E-state index in [1.54, 1.807) is 0 Å². The number of alkyl halides is 1. The summed E-state index contributed by atoms with van der Waals surface area (Å²) in [6, 6.07) is 11.0. The van der Waals surface area contributed by atoms with Crippen LogP contribution in [0.15, 0.2) is 30.3 Å². The first-order valence-electron chi connectivity index (χ1n) is 7.40. The summed E-state index contributed by atoms with van der Waals surface area (Å²) in [5, 5.41) is 3.46. The molecule has 0 amide bonds. The zero-order chi connectivity index (χ0) is 15.1. The predicted octanol–water partition coefficient (Wildman–Crippen LogP) is 2.18. The molecule has 5 heteroatoms. The number of nitrogens with zero attached hydrogens (tertiary/aromatic N) is 1. The lowest BCUT2D eigenvalue weighted by Crippen LogP contribution is -2.47. The monoisotopic (exact) mass is 354 g/mol. The SMILES string of the molecule is COC(=O)C(Br)CNC1CCCN(Cc2ccccc2)C1. The van der Waals surface area contributed by atoms with Crippen molar-refractivity contribution in [3.63, 3.8) is 0 Å². The van der Waals surface area contributed by atoms with Crippen molar-refractivity contribution >= 4 is 21.9 Å². The van der Waals surface area contributed by atoms with Gasteiger partial charge in [-0.15, -0.1) is 0 Å². The van der Waals surface area contributed by atoms with E-state index in [1.807, 2.05) is 6.07 Å². The highest BCUT2D eigenvalue weighted by Gasteiger charge is 2.22. The van der Waals surface area contributed by atoms with Crippen LogP contribution in [0.3, 0.4) is 0 Å². The minimum atomic E-state index is -0.271. The van der Waals surface area contributed by atoms with Crippen LogP contribution in [0.5, 0.6) is 0 Å². The Hall–Kier alpha value is -0.910. The summed E-state index contributed by atoms with van der Waals surface area (Å²) in [5.74, 6) is -0.223. The van der Waals surface area contributed by atoms with Crippen molar-refractivity contribution in [3.05, 3.63) is 35.9 Å². The van der Waals surface area contributed by atoms with Crippen molar-refractivity contribution < 1.29 is 9.53 Å². The van der Waals surface area contributed by atoms with Crippen LogP contribution in [0.2, 0.25) is 0 Å². The average molecular weight is 355 g/mol. The maximum atomic E-state index is 11.4. The Bertz CT molecular complexity index is 441. The quantitative estimate of drug-likeness (QED) is 0.627. The van der Waals surface area contributed by atoms with E-state index in [0.717, 1.165) is 26.1 Å². The molecule has 0 bridgehead atoms. The van der Waals surface area contributed by atoms with Gasteiger partial charge in [0.25, 0.3) is 0 Å². The Kier molecular flexibility index (Phi) is 6.67. The van der Waals surface area contributed by atoms with Crippen molar-refractivity contribution in [2.75, 3.05) is 26.7 Å². The zero-order valence-corrected chi connectivity index (χ0v) is 14.0. The van der Waals surface area contributed by atoms with Gasteiger partial charge >= 0.3 is 5.97 Å². The molecule has 0 spiro atoms. The van der Waals surface area contributed by atoms with Gasteiger partial charge in [-0.05, 0) is 24.9 Å². The molecule has 0 aromatic heterocycles. The Morgan fingerprint density at radius 3 is 2.95 bits per heavy atom. The van der Waals surface area contributed by atoms with Gasteiger partial charge in [-0.2, -0.15) is 0 Å². The summed E-state index contributed by atoms with van der Waals surface area (Å²) >= 11 is 3.35. The summed E-state index contributed by atoms with van der Waals surface area (Å²) in [5.41, 5.74) is 1.35. The van der Waals surface area contributed by atoms with Crippen LogP contribution in [-0.4, -0.2) is 48.5 Å². The van der Waals surface area contributed by atoms with Gasteiger partial charge < -0.3 is 10.1 Å². The van der Waals surface area contributed by atoms with E-state index in [4.69, 9.17) is 4.74 Å². The molecule has 1 aliphatic rings. The maximum absolute atomic E-state index is 11.4. The summed E-state index contributed by atoms with van der Waals surface area (Å²) in [6.45, 7) is 3.77. The molecule has 1 aliphatic heterocycles. The van der Waals surface area contributed by atoms with Crippen molar-refractivity contribution in [2.24, 2.45) is 0 Å². The molecule has 2 unspecified atom stereocenters. The molecule has 4 nitrogen and oxygen atoms in total. The molecule has 2 atom stereocenters. The van der Waals surface area contributed by atoms with Crippen molar-refractivity contribution in [2.45, 2.75) is 30.3 Å². The van der Waals surface area contributed by atoms with Gasteiger partial charge in [0, 0.05) is 25.7 Å². The number of piperidine rings is 1. The van der Waals surface area contributed by atoms with Gasteiger partial charge in [-0.1, -0.05) is 46.3 Å². The molecule has 1 heterocycles. The number of nitrogens with one attached hydrogen (secondary N) is 1. The van der Waals surface area contributed by atoms with Crippen LogP contribution in [0, 0.1) is 0 Å². The molecule has 0 radical (unpaired) electrons. The second kappa shape index (κ2) is 8.51. The lowest BCUT2D eigenvalue weighted by atomic mass is 10.0. The zero-order valence-electron chi connectivity index (χ0n) is 12.4. The lowest BCUT2D eigenvalue weighted by Gasteiger charge is -2.33. The van der Waals surface area contributed by atoms with Gasteiger partial charge in [-0.3, -0.25) is 9.69 Å². The van der Waals surface area contributed by atoms with E-state index >= 15 is 0 Å². The van der Waals surface area contributed by atoms with Crippen molar-refractivity contribution in [3.8, 4) is 0 Å². The van der Waals surface area contributed by atoms with E-state index in [0.29, 0.717) is 12.6 Å². The number of likely N-dealkylation sites (tertiary alicyclic amines) is 1. The van der Waals surface area contributed by atoms with Crippen LogP contribution < -0.4 is 5.32 Å². The number of methoxy groups -OCH3 is 1. The van der Waals surface area contributed by atoms with Gasteiger partial charge in [0.1, 0.15) is 4.83 Å². The normalized spacial score (nSPS) is 21.0. The highest BCUT2D eigenvalue weighted by Crippen LogP contribution is 2.14. The predicted molar refractivity (Wildman–Crippen MR) is 87.5 cm³/mol. The number of hydrogen-bond acceptors (Lipinski definition) is 4. The highest BCUT2D eigenvalue weighted by molar-refractivity contribution is 9.10. The highest BCUT2D eigenvalue weighted by atomic mass is 79.9. The van der Waals surface area contributed by atoms with E-state index in [1.165, 1.54) is 19.1 Å². The number of carbonyl (C=O) groups is 1. The molecule has 1 saturated heterocycles. The van der Waals surface area contributed by atoms with E-state index in [9.17, 15) is 4.79 Å². The molecule has 1 N–H and O–H groups in total. The minimum Gasteiger partial charge on any atom is -0.468 e. The topological polar surface area (TPSA) is 41.6 Å². The Labute approximate surface area is 135 Å². The van der Waals surface area contributed by atoms with Crippen LogP contribution in [0.4, 0.5) is 0 Å². The smallest absolute Gasteiger partial charge is 0.320 e. The first-order chi connectivity index (χ1) is 10.2. The third-order valence-electron chi connectivity index (χ3n) is 3.80. The molecule has 2 rings (SSSR count). The fourth-order valence-electron chi connectivity index (χ4n) is 2.69. The number of rotatable bonds is 6. The van der Waals surface area contributed by atoms with Crippen molar-refractivity contribution in [1.29, 1.82) is 0 Å². The van der Waals surface area contributed by atoms with Gasteiger partial charge in [-0.25, -0.2) is 0 Å². The molecule has 0 saturated carbocycles. The van der Waals surface area contributed by atoms with E-state index < -0.39 is 0 Å². The average Bonchev–Trinajstić information content (AvgIpc) is 2.53. The molecular formula is C16H23BrN2O2. The first-order valence-corrected chi connectivity index (χ1v) is 8.32. The lowest BCUT2D eigenvalue weighted by molar-refractivity contribution is -0.139. The summed E-state index contributed by atoms with van der Waals surface area (Å²) < 4.78 is 4.72. The molecule has 0 aliphatic carbocycles. The third-order valence-corrected chi connectivity index (χ3v) is 4.49. The number of benzene rings is 1. The minimum absolute atomic E-state index is 0.223. The number of ether oxygens (including phenoxy) is 1.